The summed E-state index contributed by atoms with van der Waals surface area (Å²) in [6, 6.07) is 7.17. The van der Waals surface area contributed by atoms with Crippen LogP contribution in [-0.2, 0) is 19.0 Å². The fourth-order valence-electron chi connectivity index (χ4n) is 6.48. The van der Waals surface area contributed by atoms with Gasteiger partial charge in [-0.3, -0.25) is 9.69 Å². The maximum Gasteiger partial charge on any atom is 0.407 e. The number of thioether (sulfide) groups is 1. The van der Waals surface area contributed by atoms with E-state index in [2.05, 4.69) is 48.2 Å². The Balaban J connectivity index is 0.00000768. The van der Waals surface area contributed by atoms with Crippen molar-refractivity contribution < 1.29 is 34.8 Å². The SMILES string of the molecule is C=C(C)C(=O)OCCNC(=O)NCC1(C)CC(NC(=O)OCCSc2ccc(C(=O)C(C)(C)N3CCOCC3)cc2)CC(C)(C)C1.[HH]. The average molecular weight is 663 g/mol. The van der Waals surface area contributed by atoms with Crippen LogP contribution in [0.1, 0.15) is 72.6 Å². The van der Waals surface area contributed by atoms with Crippen LogP contribution < -0.4 is 16.0 Å². The number of morpholine rings is 1. The van der Waals surface area contributed by atoms with Gasteiger partial charge in [-0.1, -0.05) is 39.5 Å². The van der Waals surface area contributed by atoms with Crippen LogP contribution >= 0.6 is 11.8 Å². The van der Waals surface area contributed by atoms with Crippen LogP contribution in [0.25, 0.3) is 0 Å². The van der Waals surface area contributed by atoms with E-state index in [9.17, 15) is 19.2 Å². The van der Waals surface area contributed by atoms with Crippen molar-refractivity contribution >= 4 is 35.6 Å². The van der Waals surface area contributed by atoms with Gasteiger partial charge in [0.2, 0.25) is 0 Å². The van der Waals surface area contributed by atoms with Crippen LogP contribution in [0.4, 0.5) is 9.59 Å². The zero-order valence-corrected chi connectivity index (χ0v) is 29.1. The smallest absolute Gasteiger partial charge is 0.407 e. The number of Topliss-reactive ketones (excluding diaryl/α,β-unsaturated/α-hetero) is 1. The van der Waals surface area contributed by atoms with E-state index in [0.717, 1.165) is 30.8 Å². The Labute approximate surface area is 279 Å². The topological polar surface area (TPSA) is 135 Å². The van der Waals surface area contributed by atoms with E-state index in [0.29, 0.717) is 43.1 Å². The number of ketones is 1. The lowest BCUT2D eigenvalue weighted by Gasteiger charge is -2.46. The molecule has 1 saturated heterocycles. The molecule has 46 heavy (non-hydrogen) atoms. The Morgan fingerprint density at radius 1 is 1.04 bits per heavy atom. The molecule has 0 aromatic heterocycles. The second-order valence-electron chi connectivity index (χ2n) is 13.9. The summed E-state index contributed by atoms with van der Waals surface area (Å²) in [5, 5.41) is 8.65. The molecule has 2 fully saturated rings. The van der Waals surface area contributed by atoms with Gasteiger partial charge in [0, 0.05) is 48.9 Å². The molecule has 3 amide bonds. The molecule has 0 bridgehead atoms. The minimum absolute atomic E-state index is 0. The molecule has 12 heteroatoms. The van der Waals surface area contributed by atoms with Gasteiger partial charge in [0.05, 0.1) is 25.3 Å². The molecule has 0 radical (unpaired) electrons. The Hall–Kier alpha value is -3.09. The van der Waals surface area contributed by atoms with Gasteiger partial charge in [0.15, 0.2) is 5.78 Å². The minimum atomic E-state index is -0.598. The van der Waals surface area contributed by atoms with Gasteiger partial charge in [0.25, 0.3) is 0 Å². The van der Waals surface area contributed by atoms with Gasteiger partial charge in [-0.05, 0) is 63.0 Å². The summed E-state index contributed by atoms with van der Waals surface area (Å²) in [6.45, 7) is 19.2. The second kappa shape index (κ2) is 16.6. The maximum absolute atomic E-state index is 13.2. The zero-order valence-electron chi connectivity index (χ0n) is 28.3. The number of hydrogen-bond donors (Lipinski definition) is 3. The molecule has 1 aromatic carbocycles. The van der Waals surface area contributed by atoms with Crippen molar-refractivity contribution in [3.05, 3.63) is 42.0 Å². The van der Waals surface area contributed by atoms with Crippen molar-refractivity contribution in [1.82, 2.24) is 20.9 Å². The van der Waals surface area contributed by atoms with Crippen molar-refractivity contribution in [2.45, 2.75) is 77.3 Å². The highest BCUT2D eigenvalue weighted by atomic mass is 32.2. The van der Waals surface area contributed by atoms with Crippen LogP contribution in [0.5, 0.6) is 0 Å². The lowest BCUT2D eigenvalue weighted by molar-refractivity contribution is -0.138. The number of carbonyl (C=O) groups excluding carboxylic acids is 4. The Morgan fingerprint density at radius 2 is 1.72 bits per heavy atom. The molecular weight excluding hydrogens is 608 g/mol. The largest absolute Gasteiger partial charge is 0.460 e. The zero-order chi connectivity index (χ0) is 34.0. The van der Waals surface area contributed by atoms with Gasteiger partial charge in [-0.25, -0.2) is 14.4 Å². The van der Waals surface area contributed by atoms with Gasteiger partial charge < -0.3 is 30.2 Å². The Kier molecular flexibility index (Phi) is 13.5. The lowest BCUT2D eigenvalue weighted by atomic mass is 9.62. The van der Waals surface area contributed by atoms with E-state index >= 15 is 0 Å². The van der Waals surface area contributed by atoms with Gasteiger partial charge >= 0.3 is 18.1 Å². The summed E-state index contributed by atoms with van der Waals surface area (Å²) < 4.78 is 15.9. The van der Waals surface area contributed by atoms with Crippen molar-refractivity contribution in [2.75, 3.05) is 58.4 Å². The molecule has 2 unspecified atom stereocenters. The standard InChI is InChI=1S/C34H52N4O7S.H2/c1-24(2)29(40)44-15-12-35-30(41)36-23-34(7)21-26(20-32(3,4)22-34)37-31(42)45-18-19-46-27-10-8-25(9-11-27)28(39)33(5,6)38-13-16-43-17-14-38;/h8-11,26H,1,12-23H2,2-7H3,(H,37,42)(H2,35,36,41);1H. The number of carbonyl (C=O) groups is 4. The Bertz CT molecular complexity index is 1240. The monoisotopic (exact) mass is 662 g/mol. The molecule has 1 aromatic rings. The van der Waals surface area contributed by atoms with Crippen LogP contribution in [-0.4, -0.2) is 98.7 Å². The van der Waals surface area contributed by atoms with Gasteiger partial charge in [-0.2, -0.15) is 0 Å². The third-order valence-electron chi connectivity index (χ3n) is 8.47. The van der Waals surface area contributed by atoms with E-state index in [1.165, 1.54) is 0 Å². The molecule has 0 spiro atoms. The molecule has 2 aliphatic rings. The number of urea groups is 1. The van der Waals surface area contributed by atoms with E-state index in [-0.39, 0.29) is 49.9 Å². The van der Waals surface area contributed by atoms with Gasteiger partial charge in [-0.15, -0.1) is 11.8 Å². The number of ether oxygens (including phenoxy) is 3. The normalized spacial score (nSPS) is 21.5. The number of rotatable bonds is 14. The van der Waals surface area contributed by atoms with Crippen LogP contribution in [0.15, 0.2) is 41.3 Å². The molecule has 2 atom stereocenters. The molecule has 11 nitrogen and oxygen atoms in total. The van der Waals surface area contributed by atoms with E-state index in [1.807, 2.05) is 38.1 Å². The molecule has 1 saturated carbocycles. The molecule has 258 valence electrons. The van der Waals surface area contributed by atoms with E-state index in [4.69, 9.17) is 14.2 Å². The fraction of sp³-hybridized carbons (Fsp3) is 0.647. The molecule has 1 heterocycles. The predicted molar refractivity (Wildman–Crippen MR) is 181 cm³/mol. The summed E-state index contributed by atoms with van der Waals surface area (Å²) in [5.41, 5.74) is 0.116. The third kappa shape index (κ3) is 11.6. The summed E-state index contributed by atoms with van der Waals surface area (Å²) in [4.78, 5) is 52.8. The number of hydrogen-bond acceptors (Lipinski definition) is 9. The van der Waals surface area contributed by atoms with Crippen molar-refractivity contribution in [2.24, 2.45) is 10.8 Å². The highest BCUT2D eigenvalue weighted by Gasteiger charge is 2.42. The van der Waals surface area contributed by atoms with Crippen molar-refractivity contribution in [3.63, 3.8) is 0 Å². The second-order valence-corrected chi connectivity index (χ2v) is 15.1. The van der Waals surface area contributed by atoms with Crippen molar-refractivity contribution in [1.29, 1.82) is 0 Å². The molecule has 1 aliphatic carbocycles. The number of alkyl carbamates (subject to hydrolysis) is 1. The average Bonchev–Trinajstić information content (AvgIpc) is 2.99. The maximum atomic E-state index is 13.2. The van der Waals surface area contributed by atoms with Crippen LogP contribution in [0, 0.1) is 10.8 Å². The highest BCUT2D eigenvalue weighted by Crippen LogP contribution is 2.45. The molecule has 3 N–H and O–H groups in total. The first-order valence-corrected chi connectivity index (χ1v) is 17.0. The van der Waals surface area contributed by atoms with Gasteiger partial charge in [0.1, 0.15) is 13.2 Å². The molecular formula is C34H54N4O7S. The van der Waals surface area contributed by atoms with Crippen LogP contribution in [0.3, 0.4) is 0 Å². The van der Waals surface area contributed by atoms with E-state index < -0.39 is 17.6 Å². The minimum Gasteiger partial charge on any atom is -0.460 e. The number of nitrogens with zero attached hydrogens (tertiary/aromatic N) is 1. The lowest BCUT2D eigenvalue weighted by Crippen LogP contribution is -2.54. The first-order chi connectivity index (χ1) is 21.6. The summed E-state index contributed by atoms with van der Waals surface area (Å²) in [7, 11) is 0. The summed E-state index contributed by atoms with van der Waals surface area (Å²) in [5.74, 6) is 0.184. The predicted octanol–water partition coefficient (Wildman–Crippen LogP) is 5.05. The quantitative estimate of drug-likeness (QED) is 0.0823. The number of esters is 1. The van der Waals surface area contributed by atoms with Crippen LogP contribution in [0.2, 0.25) is 0 Å². The molecule has 3 rings (SSSR count). The molecule has 1 aliphatic heterocycles. The first-order valence-electron chi connectivity index (χ1n) is 16.0. The van der Waals surface area contributed by atoms with E-state index in [1.54, 1.807) is 18.7 Å². The van der Waals surface area contributed by atoms with Crippen molar-refractivity contribution in [3.8, 4) is 0 Å². The highest BCUT2D eigenvalue weighted by molar-refractivity contribution is 7.99. The first kappa shape index (κ1) is 37.4. The number of benzene rings is 1. The third-order valence-corrected chi connectivity index (χ3v) is 9.45. The number of amides is 3. The fourth-order valence-corrected chi connectivity index (χ4v) is 7.21. The summed E-state index contributed by atoms with van der Waals surface area (Å²) in [6.07, 6.45) is 1.94. The number of nitrogens with one attached hydrogen (secondary N) is 3. The summed E-state index contributed by atoms with van der Waals surface area (Å²) >= 11 is 1.56. The Morgan fingerprint density at radius 3 is 2.37 bits per heavy atom.